The average Bonchev–Trinajstić information content (AvgIpc) is 3.38. The molecule has 0 aromatic carbocycles. The van der Waals surface area contributed by atoms with Gasteiger partial charge in [-0.2, -0.15) is 0 Å². The third-order valence-corrected chi connectivity index (χ3v) is 9.13. The molecule has 138 valence electrons. The van der Waals surface area contributed by atoms with Gasteiger partial charge in [-0.15, -0.1) is 0 Å². The Morgan fingerprint density at radius 1 is 0.750 bits per heavy atom. The Hall–Kier alpha value is -0.0400. The number of aliphatic hydroxyl groups is 1. The van der Waals surface area contributed by atoms with E-state index >= 15 is 0 Å². The number of rotatable bonds is 9. The lowest BCUT2D eigenvalue weighted by atomic mass is 9.54. The molecule has 4 saturated carbocycles. The molecule has 4 aliphatic rings. The molecule has 24 heavy (non-hydrogen) atoms. The van der Waals surface area contributed by atoms with E-state index in [-0.39, 0.29) is 5.60 Å². The van der Waals surface area contributed by atoms with Crippen molar-refractivity contribution >= 4 is 0 Å². The van der Waals surface area contributed by atoms with Crippen LogP contribution in [0.5, 0.6) is 0 Å². The molecule has 0 amide bonds. The van der Waals surface area contributed by atoms with Gasteiger partial charge in [-0.05, 0) is 93.3 Å². The molecule has 0 unspecified atom stereocenters. The van der Waals surface area contributed by atoms with Crippen molar-refractivity contribution in [2.75, 3.05) is 0 Å². The largest absolute Gasteiger partial charge is 0.389 e. The fraction of sp³-hybridized carbons (Fsp3) is 1.00. The van der Waals surface area contributed by atoms with Gasteiger partial charge in [0.1, 0.15) is 0 Å². The summed E-state index contributed by atoms with van der Waals surface area (Å²) in [5.74, 6) is 1.91. The highest BCUT2D eigenvalue weighted by molar-refractivity contribution is 5.18. The van der Waals surface area contributed by atoms with E-state index in [2.05, 4.69) is 6.92 Å². The quantitative estimate of drug-likeness (QED) is 0.470. The maximum Gasteiger partial charge on any atom is 0.0759 e. The maximum atomic E-state index is 12.4. The van der Waals surface area contributed by atoms with E-state index in [0.717, 1.165) is 18.3 Å². The van der Waals surface area contributed by atoms with Crippen LogP contribution in [0.3, 0.4) is 0 Å². The van der Waals surface area contributed by atoms with Crippen molar-refractivity contribution in [1.82, 2.24) is 0 Å². The topological polar surface area (TPSA) is 20.2 Å². The van der Waals surface area contributed by atoms with E-state index in [9.17, 15) is 5.11 Å². The Balaban J connectivity index is 1.48. The molecule has 0 aromatic rings. The lowest BCUT2D eigenvalue weighted by Crippen LogP contribution is -2.57. The van der Waals surface area contributed by atoms with E-state index in [0.29, 0.717) is 10.8 Å². The van der Waals surface area contributed by atoms with E-state index in [1.165, 1.54) is 103 Å². The van der Waals surface area contributed by atoms with Crippen LogP contribution >= 0.6 is 0 Å². The Kier molecular flexibility index (Phi) is 4.78. The summed E-state index contributed by atoms with van der Waals surface area (Å²) in [6, 6.07) is 0. The zero-order valence-electron chi connectivity index (χ0n) is 16.1. The second-order valence-electron chi connectivity index (χ2n) is 10.2. The van der Waals surface area contributed by atoms with E-state index in [1.807, 2.05) is 0 Å². The Bertz CT molecular complexity index is 393. The first-order valence-electron chi connectivity index (χ1n) is 11.4. The van der Waals surface area contributed by atoms with Gasteiger partial charge in [0.2, 0.25) is 0 Å². The summed E-state index contributed by atoms with van der Waals surface area (Å²) in [5, 5.41) is 12.4. The predicted octanol–water partition coefficient (Wildman–Crippen LogP) is 6.63. The fourth-order valence-corrected chi connectivity index (χ4v) is 7.80. The van der Waals surface area contributed by atoms with Gasteiger partial charge < -0.3 is 5.11 Å². The Morgan fingerprint density at radius 2 is 1.21 bits per heavy atom. The zero-order valence-corrected chi connectivity index (χ0v) is 16.1. The molecule has 0 spiro atoms. The number of hydrogen-bond acceptors (Lipinski definition) is 1. The van der Waals surface area contributed by atoms with Crippen LogP contribution in [0.4, 0.5) is 0 Å². The van der Waals surface area contributed by atoms with Crippen molar-refractivity contribution in [3.63, 3.8) is 0 Å². The third-order valence-electron chi connectivity index (χ3n) is 9.13. The first kappa shape index (κ1) is 17.4. The van der Waals surface area contributed by atoms with Crippen LogP contribution in [0.25, 0.3) is 0 Å². The molecule has 0 saturated heterocycles. The molecule has 4 aliphatic carbocycles. The maximum absolute atomic E-state index is 12.4. The molecule has 0 radical (unpaired) electrons. The highest BCUT2D eigenvalue weighted by Crippen LogP contribution is 2.71. The predicted molar refractivity (Wildman–Crippen MR) is 101 cm³/mol. The van der Waals surface area contributed by atoms with Crippen molar-refractivity contribution < 1.29 is 5.11 Å². The number of unbranched alkanes of at least 4 members (excludes halogenated alkanes) is 5. The fourth-order valence-electron chi connectivity index (χ4n) is 7.80. The van der Waals surface area contributed by atoms with Gasteiger partial charge in [-0.1, -0.05) is 45.4 Å². The molecule has 4 bridgehead atoms. The van der Waals surface area contributed by atoms with Crippen LogP contribution in [-0.2, 0) is 0 Å². The van der Waals surface area contributed by atoms with Crippen LogP contribution < -0.4 is 0 Å². The van der Waals surface area contributed by atoms with E-state index < -0.39 is 0 Å². The van der Waals surface area contributed by atoms with Gasteiger partial charge in [-0.25, -0.2) is 0 Å². The molecule has 0 aromatic heterocycles. The van der Waals surface area contributed by atoms with Crippen molar-refractivity contribution in [2.24, 2.45) is 22.7 Å². The second-order valence-corrected chi connectivity index (χ2v) is 10.2. The second kappa shape index (κ2) is 6.60. The SMILES string of the molecule is CCCCCCCCC(O)(C12CCC(CC1)C2)C12CCC(CC1)C2. The summed E-state index contributed by atoms with van der Waals surface area (Å²) in [5.41, 5.74) is 0.321. The molecular weight excluding hydrogens is 292 g/mol. The minimum absolute atomic E-state index is 0.318. The Morgan fingerprint density at radius 3 is 1.62 bits per heavy atom. The van der Waals surface area contributed by atoms with Gasteiger partial charge in [0.15, 0.2) is 0 Å². The normalized spacial score (nSPS) is 42.8. The molecule has 0 aliphatic heterocycles. The van der Waals surface area contributed by atoms with Gasteiger partial charge in [-0.3, -0.25) is 0 Å². The van der Waals surface area contributed by atoms with E-state index in [1.54, 1.807) is 0 Å². The van der Waals surface area contributed by atoms with Crippen LogP contribution in [-0.4, -0.2) is 10.7 Å². The standard InChI is InChI=1S/C23H40O/c1-2-3-4-5-6-7-12-23(24,21-13-8-19(17-21)9-14-21)22-15-10-20(18-22)11-16-22/h19-20,24H,2-18H2,1H3. The minimum atomic E-state index is -0.318. The third kappa shape index (κ3) is 2.60. The van der Waals surface area contributed by atoms with Crippen molar-refractivity contribution in [3.8, 4) is 0 Å². The lowest BCUT2D eigenvalue weighted by molar-refractivity contribution is -0.176. The molecule has 1 nitrogen and oxygen atoms in total. The van der Waals surface area contributed by atoms with E-state index in [4.69, 9.17) is 0 Å². The summed E-state index contributed by atoms with van der Waals surface area (Å²) in [6.45, 7) is 2.30. The molecule has 4 rings (SSSR count). The van der Waals surface area contributed by atoms with Gasteiger partial charge in [0, 0.05) is 0 Å². The first-order chi connectivity index (χ1) is 11.6. The van der Waals surface area contributed by atoms with Crippen LogP contribution in [0, 0.1) is 22.7 Å². The number of hydrogen-bond donors (Lipinski definition) is 1. The Labute approximate surface area is 150 Å². The summed E-state index contributed by atoms with van der Waals surface area (Å²) in [7, 11) is 0. The number of fused-ring (bicyclic) bond motifs is 4. The molecule has 0 atom stereocenters. The highest BCUT2D eigenvalue weighted by atomic mass is 16.3. The summed E-state index contributed by atoms with van der Waals surface area (Å²) >= 11 is 0. The monoisotopic (exact) mass is 332 g/mol. The summed E-state index contributed by atoms with van der Waals surface area (Å²) in [6.07, 6.45) is 23.0. The smallest absolute Gasteiger partial charge is 0.0759 e. The first-order valence-corrected chi connectivity index (χ1v) is 11.4. The molecule has 1 N–H and O–H groups in total. The molecule has 0 heterocycles. The van der Waals surface area contributed by atoms with Crippen LogP contribution in [0.1, 0.15) is 116 Å². The average molecular weight is 333 g/mol. The molecular formula is C23H40O. The van der Waals surface area contributed by atoms with Crippen molar-refractivity contribution in [1.29, 1.82) is 0 Å². The van der Waals surface area contributed by atoms with Crippen molar-refractivity contribution in [3.05, 3.63) is 0 Å². The van der Waals surface area contributed by atoms with Crippen LogP contribution in [0.15, 0.2) is 0 Å². The van der Waals surface area contributed by atoms with Crippen molar-refractivity contribution in [2.45, 2.75) is 122 Å². The van der Waals surface area contributed by atoms with Gasteiger partial charge in [0.05, 0.1) is 5.60 Å². The molecule has 4 fully saturated rings. The summed E-state index contributed by atoms with van der Waals surface area (Å²) < 4.78 is 0. The molecule has 1 heteroatoms. The van der Waals surface area contributed by atoms with Crippen LogP contribution in [0.2, 0.25) is 0 Å². The summed E-state index contributed by atoms with van der Waals surface area (Å²) in [4.78, 5) is 0. The highest BCUT2D eigenvalue weighted by Gasteiger charge is 2.67. The zero-order chi connectivity index (χ0) is 16.7. The minimum Gasteiger partial charge on any atom is -0.389 e. The lowest BCUT2D eigenvalue weighted by Gasteiger charge is -2.55. The van der Waals surface area contributed by atoms with Gasteiger partial charge in [0.25, 0.3) is 0 Å². The van der Waals surface area contributed by atoms with Gasteiger partial charge >= 0.3 is 0 Å².